The number of benzene rings is 1. The van der Waals surface area contributed by atoms with Crippen molar-refractivity contribution in [2.45, 2.75) is 32.4 Å². The highest BCUT2D eigenvalue weighted by molar-refractivity contribution is 5.77. The third-order valence-corrected chi connectivity index (χ3v) is 3.41. The first kappa shape index (κ1) is 14.9. The Hall–Kier alpha value is -1.46. The summed E-state index contributed by atoms with van der Waals surface area (Å²) in [6, 6.07) is 4.99. The van der Waals surface area contributed by atoms with Gasteiger partial charge in [-0.2, -0.15) is 0 Å². The third kappa shape index (κ3) is 4.58. The molecule has 2 rings (SSSR count). The van der Waals surface area contributed by atoms with Gasteiger partial charge in [-0.25, -0.2) is 4.39 Å². The molecule has 1 heterocycles. The number of halogens is 1. The first-order chi connectivity index (χ1) is 9.65. The number of hydrogen-bond acceptors (Lipinski definition) is 3. The molecule has 20 heavy (non-hydrogen) atoms. The van der Waals surface area contributed by atoms with E-state index in [0.717, 1.165) is 25.0 Å². The van der Waals surface area contributed by atoms with E-state index in [9.17, 15) is 9.18 Å². The van der Waals surface area contributed by atoms with Crippen LogP contribution in [0.15, 0.2) is 18.2 Å². The van der Waals surface area contributed by atoms with Gasteiger partial charge in [-0.15, -0.1) is 0 Å². The highest BCUT2D eigenvalue weighted by Crippen LogP contribution is 2.10. The summed E-state index contributed by atoms with van der Waals surface area (Å²) < 4.78 is 18.8. The summed E-state index contributed by atoms with van der Waals surface area (Å²) in [7, 11) is 0. The molecular formula is C15H21FN2O2. The first-order valence-electron chi connectivity index (χ1n) is 6.99. The van der Waals surface area contributed by atoms with Crippen molar-refractivity contribution in [2.75, 3.05) is 19.7 Å². The zero-order valence-electron chi connectivity index (χ0n) is 11.7. The summed E-state index contributed by atoms with van der Waals surface area (Å²) in [6.45, 7) is 3.84. The normalized spacial score (nSPS) is 18.2. The van der Waals surface area contributed by atoms with Gasteiger partial charge in [-0.1, -0.05) is 12.1 Å². The van der Waals surface area contributed by atoms with Crippen LogP contribution in [0.3, 0.4) is 0 Å². The summed E-state index contributed by atoms with van der Waals surface area (Å²) in [4.78, 5) is 11.6. The van der Waals surface area contributed by atoms with E-state index in [2.05, 4.69) is 10.6 Å². The number of hydrogen-bond donors (Lipinski definition) is 2. The second kappa shape index (κ2) is 7.36. The maximum absolute atomic E-state index is 13.3. The lowest BCUT2D eigenvalue weighted by Gasteiger charge is -2.11. The van der Waals surface area contributed by atoms with Crippen LogP contribution >= 0.6 is 0 Å². The van der Waals surface area contributed by atoms with Crippen LogP contribution in [-0.2, 0) is 16.1 Å². The van der Waals surface area contributed by atoms with Gasteiger partial charge in [-0.05, 0) is 37.0 Å². The highest BCUT2D eigenvalue weighted by Gasteiger charge is 2.14. The van der Waals surface area contributed by atoms with Crippen LogP contribution in [0.2, 0.25) is 0 Å². The molecule has 1 saturated heterocycles. The molecule has 1 unspecified atom stereocenters. The van der Waals surface area contributed by atoms with Crippen molar-refractivity contribution >= 4 is 5.91 Å². The first-order valence-corrected chi connectivity index (χ1v) is 6.99. The van der Waals surface area contributed by atoms with Crippen LogP contribution in [0.1, 0.15) is 24.0 Å². The fourth-order valence-electron chi connectivity index (χ4n) is 2.16. The van der Waals surface area contributed by atoms with Gasteiger partial charge >= 0.3 is 0 Å². The van der Waals surface area contributed by atoms with Crippen molar-refractivity contribution < 1.29 is 13.9 Å². The molecule has 0 bridgehead atoms. The van der Waals surface area contributed by atoms with E-state index in [1.54, 1.807) is 13.0 Å². The zero-order chi connectivity index (χ0) is 14.4. The van der Waals surface area contributed by atoms with Crippen LogP contribution in [-0.4, -0.2) is 31.7 Å². The van der Waals surface area contributed by atoms with Gasteiger partial charge in [0.2, 0.25) is 5.91 Å². The fourth-order valence-corrected chi connectivity index (χ4v) is 2.16. The number of amides is 1. The Kier molecular flexibility index (Phi) is 5.49. The third-order valence-electron chi connectivity index (χ3n) is 3.41. The average Bonchev–Trinajstić information content (AvgIpc) is 2.93. The largest absolute Gasteiger partial charge is 0.377 e. The Labute approximate surface area is 118 Å². The number of carbonyl (C=O) groups excluding carboxylic acids is 1. The molecule has 4 nitrogen and oxygen atoms in total. The molecule has 5 heteroatoms. The van der Waals surface area contributed by atoms with E-state index in [0.29, 0.717) is 18.7 Å². The molecular weight excluding hydrogens is 259 g/mol. The predicted molar refractivity (Wildman–Crippen MR) is 74.8 cm³/mol. The van der Waals surface area contributed by atoms with Gasteiger partial charge in [0, 0.05) is 19.7 Å². The number of ether oxygens (including phenoxy) is 1. The Bertz CT molecular complexity index is 459. The van der Waals surface area contributed by atoms with Crippen LogP contribution in [0.4, 0.5) is 4.39 Å². The molecule has 1 aromatic rings. The van der Waals surface area contributed by atoms with Crippen molar-refractivity contribution in [1.29, 1.82) is 0 Å². The number of rotatable bonds is 6. The van der Waals surface area contributed by atoms with Crippen LogP contribution in [0.25, 0.3) is 0 Å². The fraction of sp³-hybridized carbons (Fsp3) is 0.533. The highest BCUT2D eigenvalue weighted by atomic mass is 19.1. The van der Waals surface area contributed by atoms with E-state index in [1.165, 1.54) is 6.07 Å². The average molecular weight is 280 g/mol. The molecule has 1 aliphatic rings. The number of aryl methyl sites for hydroxylation is 1. The summed E-state index contributed by atoms with van der Waals surface area (Å²) >= 11 is 0. The molecule has 0 spiro atoms. The molecule has 1 fully saturated rings. The molecule has 1 amide bonds. The van der Waals surface area contributed by atoms with Crippen molar-refractivity contribution in [3.05, 3.63) is 35.1 Å². The SMILES string of the molecule is Cc1ccc(CNC(=O)CNCC2CCCO2)cc1F. The smallest absolute Gasteiger partial charge is 0.234 e. The Morgan fingerprint density at radius 1 is 1.50 bits per heavy atom. The van der Waals surface area contributed by atoms with E-state index in [-0.39, 0.29) is 24.4 Å². The van der Waals surface area contributed by atoms with Crippen molar-refractivity contribution in [3.8, 4) is 0 Å². The van der Waals surface area contributed by atoms with Crippen molar-refractivity contribution in [1.82, 2.24) is 10.6 Å². The number of carbonyl (C=O) groups is 1. The molecule has 1 atom stereocenters. The lowest BCUT2D eigenvalue weighted by Crippen LogP contribution is -2.36. The van der Waals surface area contributed by atoms with E-state index in [4.69, 9.17) is 4.74 Å². The van der Waals surface area contributed by atoms with E-state index >= 15 is 0 Å². The molecule has 2 N–H and O–H groups in total. The maximum atomic E-state index is 13.3. The van der Waals surface area contributed by atoms with Gasteiger partial charge in [0.05, 0.1) is 12.6 Å². The molecule has 1 aromatic carbocycles. The monoisotopic (exact) mass is 280 g/mol. The summed E-state index contributed by atoms with van der Waals surface area (Å²) in [5, 5.41) is 5.83. The second-order valence-corrected chi connectivity index (χ2v) is 5.13. The topological polar surface area (TPSA) is 50.4 Å². The molecule has 0 saturated carbocycles. The standard InChI is InChI=1S/C15H21FN2O2/c1-11-4-5-12(7-14(11)16)8-18-15(19)10-17-9-13-3-2-6-20-13/h4-5,7,13,17H,2-3,6,8-10H2,1H3,(H,18,19). The minimum atomic E-state index is -0.242. The van der Waals surface area contributed by atoms with E-state index < -0.39 is 0 Å². The molecule has 0 aliphatic carbocycles. The lowest BCUT2D eigenvalue weighted by atomic mass is 10.1. The molecule has 0 aromatic heterocycles. The predicted octanol–water partition coefficient (Wildman–Crippen LogP) is 1.52. The summed E-state index contributed by atoms with van der Waals surface area (Å²) in [5.41, 5.74) is 1.37. The van der Waals surface area contributed by atoms with Crippen LogP contribution in [0.5, 0.6) is 0 Å². The summed E-state index contributed by atoms with van der Waals surface area (Å²) in [6.07, 6.45) is 2.38. The lowest BCUT2D eigenvalue weighted by molar-refractivity contribution is -0.120. The Morgan fingerprint density at radius 2 is 2.35 bits per heavy atom. The Morgan fingerprint density at radius 3 is 3.05 bits per heavy atom. The van der Waals surface area contributed by atoms with Crippen LogP contribution in [0, 0.1) is 12.7 Å². The number of nitrogens with one attached hydrogen (secondary N) is 2. The molecule has 1 aliphatic heterocycles. The van der Waals surface area contributed by atoms with Crippen molar-refractivity contribution in [3.63, 3.8) is 0 Å². The minimum absolute atomic E-state index is 0.0935. The minimum Gasteiger partial charge on any atom is -0.377 e. The van der Waals surface area contributed by atoms with Gasteiger partial charge in [-0.3, -0.25) is 4.79 Å². The summed E-state index contributed by atoms with van der Waals surface area (Å²) in [5.74, 6) is -0.336. The Balaban J connectivity index is 1.65. The second-order valence-electron chi connectivity index (χ2n) is 5.13. The zero-order valence-corrected chi connectivity index (χ0v) is 11.7. The van der Waals surface area contributed by atoms with Gasteiger partial charge in [0.25, 0.3) is 0 Å². The van der Waals surface area contributed by atoms with Gasteiger partial charge in [0.15, 0.2) is 0 Å². The van der Waals surface area contributed by atoms with Crippen molar-refractivity contribution in [2.24, 2.45) is 0 Å². The molecule has 0 radical (unpaired) electrons. The maximum Gasteiger partial charge on any atom is 0.234 e. The molecule has 110 valence electrons. The van der Waals surface area contributed by atoms with Gasteiger partial charge < -0.3 is 15.4 Å². The quantitative estimate of drug-likeness (QED) is 0.830. The van der Waals surface area contributed by atoms with E-state index in [1.807, 2.05) is 6.07 Å². The van der Waals surface area contributed by atoms with Gasteiger partial charge in [0.1, 0.15) is 5.82 Å². The van der Waals surface area contributed by atoms with Crippen LogP contribution < -0.4 is 10.6 Å².